The van der Waals surface area contributed by atoms with Crippen LogP contribution in [0.1, 0.15) is 32.1 Å². The SMILES string of the molecule is COC1CCCC(NC(=O)C[C@@H]2NCCNC2=O)C1. The van der Waals surface area contributed by atoms with E-state index in [-0.39, 0.29) is 30.4 Å². The molecule has 2 amide bonds. The second-order valence-electron chi connectivity index (χ2n) is 5.29. The van der Waals surface area contributed by atoms with E-state index in [0.717, 1.165) is 32.2 Å². The summed E-state index contributed by atoms with van der Waals surface area (Å²) >= 11 is 0. The number of carbonyl (C=O) groups excluding carboxylic acids is 2. The summed E-state index contributed by atoms with van der Waals surface area (Å²) in [6, 6.07) is -0.214. The van der Waals surface area contributed by atoms with E-state index in [1.165, 1.54) is 0 Å². The third-order valence-corrected chi connectivity index (χ3v) is 3.85. The number of amides is 2. The first-order valence-electron chi connectivity index (χ1n) is 7.02. The quantitative estimate of drug-likeness (QED) is 0.645. The molecule has 108 valence electrons. The summed E-state index contributed by atoms with van der Waals surface area (Å²) in [5, 5.41) is 8.83. The van der Waals surface area contributed by atoms with Crippen LogP contribution in [0.3, 0.4) is 0 Å². The van der Waals surface area contributed by atoms with Crippen molar-refractivity contribution < 1.29 is 14.3 Å². The van der Waals surface area contributed by atoms with Crippen LogP contribution in [0.25, 0.3) is 0 Å². The minimum absolute atomic E-state index is 0.0590. The fraction of sp³-hybridized carbons (Fsp3) is 0.846. The molecule has 0 radical (unpaired) electrons. The number of carbonyl (C=O) groups is 2. The van der Waals surface area contributed by atoms with E-state index in [2.05, 4.69) is 16.0 Å². The second-order valence-corrected chi connectivity index (χ2v) is 5.29. The maximum Gasteiger partial charge on any atom is 0.237 e. The fourth-order valence-electron chi connectivity index (χ4n) is 2.77. The minimum Gasteiger partial charge on any atom is -0.381 e. The van der Waals surface area contributed by atoms with Crippen molar-refractivity contribution in [1.29, 1.82) is 0 Å². The Balaban J connectivity index is 1.75. The van der Waals surface area contributed by atoms with Crippen LogP contribution in [-0.4, -0.2) is 50.2 Å². The van der Waals surface area contributed by atoms with E-state index >= 15 is 0 Å². The molecule has 6 nitrogen and oxygen atoms in total. The highest BCUT2D eigenvalue weighted by atomic mass is 16.5. The number of hydrogen-bond donors (Lipinski definition) is 3. The third-order valence-electron chi connectivity index (χ3n) is 3.85. The Morgan fingerprint density at radius 3 is 3.00 bits per heavy atom. The van der Waals surface area contributed by atoms with E-state index in [4.69, 9.17) is 4.74 Å². The predicted molar refractivity (Wildman–Crippen MR) is 70.6 cm³/mol. The number of methoxy groups -OCH3 is 1. The highest BCUT2D eigenvalue weighted by Crippen LogP contribution is 2.20. The molecule has 0 bridgehead atoms. The molecule has 0 aromatic carbocycles. The van der Waals surface area contributed by atoms with Gasteiger partial charge in [0.15, 0.2) is 0 Å². The fourth-order valence-corrected chi connectivity index (χ4v) is 2.77. The first kappa shape index (κ1) is 14.3. The summed E-state index contributed by atoms with van der Waals surface area (Å²) in [5.74, 6) is -0.142. The van der Waals surface area contributed by atoms with Gasteiger partial charge in [-0.2, -0.15) is 0 Å². The summed E-state index contributed by atoms with van der Waals surface area (Å²) in [7, 11) is 1.71. The molecule has 1 saturated heterocycles. The van der Waals surface area contributed by atoms with Gasteiger partial charge in [-0.3, -0.25) is 9.59 Å². The largest absolute Gasteiger partial charge is 0.381 e. The van der Waals surface area contributed by atoms with E-state index in [9.17, 15) is 9.59 Å². The molecule has 2 fully saturated rings. The molecule has 3 N–H and O–H groups in total. The van der Waals surface area contributed by atoms with Crippen molar-refractivity contribution in [2.24, 2.45) is 0 Å². The third kappa shape index (κ3) is 4.18. The van der Waals surface area contributed by atoms with Gasteiger partial charge in [-0.1, -0.05) is 0 Å². The Morgan fingerprint density at radius 2 is 2.26 bits per heavy atom. The van der Waals surface area contributed by atoms with Crippen molar-refractivity contribution in [1.82, 2.24) is 16.0 Å². The normalized spacial score (nSPS) is 31.6. The van der Waals surface area contributed by atoms with Crippen molar-refractivity contribution in [3.63, 3.8) is 0 Å². The zero-order valence-electron chi connectivity index (χ0n) is 11.4. The van der Waals surface area contributed by atoms with Crippen molar-refractivity contribution in [2.45, 2.75) is 50.3 Å². The van der Waals surface area contributed by atoms with Gasteiger partial charge in [-0.15, -0.1) is 0 Å². The lowest BCUT2D eigenvalue weighted by Crippen LogP contribution is -2.54. The average molecular weight is 269 g/mol. The number of piperazine rings is 1. The standard InChI is InChI=1S/C13H23N3O3/c1-19-10-4-2-3-9(7-10)16-12(17)8-11-13(18)15-6-5-14-11/h9-11,14H,2-8H2,1H3,(H,15,18)(H,16,17)/t9?,10?,11-/m0/s1. The van der Waals surface area contributed by atoms with Gasteiger partial charge in [0.25, 0.3) is 0 Å². The van der Waals surface area contributed by atoms with Crippen LogP contribution in [0.15, 0.2) is 0 Å². The van der Waals surface area contributed by atoms with E-state index in [1.807, 2.05) is 0 Å². The van der Waals surface area contributed by atoms with Gasteiger partial charge in [0.05, 0.1) is 18.6 Å². The Bertz CT molecular complexity index is 335. The summed E-state index contributed by atoms with van der Waals surface area (Å²) in [6.45, 7) is 1.36. The van der Waals surface area contributed by atoms with Crippen LogP contribution in [0.5, 0.6) is 0 Å². The average Bonchev–Trinajstić information content (AvgIpc) is 2.41. The van der Waals surface area contributed by atoms with Gasteiger partial charge >= 0.3 is 0 Å². The Hall–Kier alpha value is -1.14. The van der Waals surface area contributed by atoms with E-state index in [0.29, 0.717) is 6.54 Å². The first-order chi connectivity index (χ1) is 9.19. The molecule has 1 aliphatic carbocycles. The van der Waals surface area contributed by atoms with Gasteiger partial charge in [-0.25, -0.2) is 0 Å². The van der Waals surface area contributed by atoms with Crippen LogP contribution < -0.4 is 16.0 Å². The molecule has 3 atom stereocenters. The molecule has 6 heteroatoms. The zero-order chi connectivity index (χ0) is 13.7. The van der Waals surface area contributed by atoms with E-state index < -0.39 is 6.04 Å². The van der Waals surface area contributed by atoms with Crippen LogP contribution in [0.2, 0.25) is 0 Å². The molecule has 1 heterocycles. The van der Waals surface area contributed by atoms with Gasteiger partial charge in [0.2, 0.25) is 11.8 Å². The van der Waals surface area contributed by atoms with Gasteiger partial charge in [-0.05, 0) is 25.7 Å². The molecule has 0 aromatic rings. The Morgan fingerprint density at radius 1 is 1.42 bits per heavy atom. The molecule has 1 saturated carbocycles. The minimum atomic E-state index is -0.393. The lowest BCUT2D eigenvalue weighted by Gasteiger charge is -2.29. The monoisotopic (exact) mass is 269 g/mol. The number of nitrogens with one attached hydrogen (secondary N) is 3. The molecule has 2 unspecified atom stereocenters. The smallest absolute Gasteiger partial charge is 0.237 e. The highest BCUT2D eigenvalue weighted by Gasteiger charge is 2.27. The van der Waals surface area contributed by atoms with Crippen LogP contribution in [0.4, 0.5) is 0 Å². The summed E-state index contributed by atoms with van der Waals surface area (Å²) in [6.07, 6.45) is 4.46. The molecule has 1 aliphatic heterocycles. The summed E-state index contributed by atoms with van der Waals surface area (Å²) in [4.78, 5) is 23.5. The van der Waals surface area contributed by atoms with Crippen LogP contribution >= 0.6 is 0 Å². The topological polar surface area (TPSA) is 79.5 Å². The Kier molecular flexibility index (Phi) is 5.15. The van der Waals surface area contributed by atoms with Crippen molar-refractivity contribution >= 4 is 11.8 Å². The maximum absolute atomic E-state index is 11.9. The number of rotatable bonds is 4. The molecule has 2 rings (SSSR count). The molecule has 0 aromatic heterocycles. The first-order valence-corrected chi connectivity index (χ1v) is 7.02. The highest BCUT2D eigenvalue weighted by molar-refractivity contribution is 5.88. The van der Waals surface area contributed by atoms with Gasteiger partial charge in [0.1, 0.15) is 0 Å². The summed E-state index contributed by atoms with van der Waals surface area (Å²) in [5.41, 5.74) is 0. The lowest BCUT2D eigenvalue weighted by atomic mass is 9.92. The van der Waals surface area contributed by atoms with Crippen molar-refractivity contribution in [2.75, 3.05) is 20.2 Å². The van der Waals surface area contributed by atoms with Gasteiger partial charge in [0, 0.05) is 26.2 Å². The predicted octanol–water partition coefficient (Wildman–Crippen LogP) is -0.462. The lowest BCUT2D eigenvalue weighted by molar-refractivity contribution is -0.129. The van der Waals surface area contributed by atoms with Crippen molar-refractivity contribution in [3.05, 3.63) is 0 Å². The number of hydrogen-bond acceptors (Lipinski definition) is 4. The maximum atomic E-state index is 11.9. The van der Waals surface area contributed by atoms with Crippen LogP contribution in [0, 0.1) is 0 Å². The zero-order valence-corrected chi connectivity index (χ0v) is 11.4. The second kappa shape index (κ2) is 6.86. The van der Waals surface area contributed by atoms with Crippen LogP contribution in [-0.2, 0) is 14.3 Å². The molecule has 2 aliphatic rings. The molecule has 19 heavy (non-hydrogen) atoms. The molecule has 0 spiro atoms. The Labute approximate surface area is 113 Å². The van der Waals surface area contributed by atoms with Gasteiger partial charge < -0.3 is 20.7 Å². The number of ether oxygens (including phenoxy) is 1. The summed E-state index contributed by atoms with van der Waals surface area (Å²) < 4.78 is 5.34. The molecular weight excluding hydrogens is 246 g/mol. The van der Waals surface area contributed by atoms with E-state index in [1.54, 1.807) is 7.11 Å². The van der Waals surface area contributed by atoms with Crippen molar-refractivity contribution in [3.8, 4) is 0 Å². The molecular formula is C13H23N3O3.